The number of methoxy groups -OCH3 is 2. The molecule has 1 N–H and O–H groups in total. The van der Waals surface area contributed by atoms with Gasteiger partial charge in [-0.05, 0) is 35.9 Å². The molecule has 1 aliphatic heterocycles. The van der Waals surface area contributed by atoms with E-state index in [0.29, 0.717) is 24.6 Å². The van der Waals surface area contributed by atoms with Crippen LogP contribution in [0.4, 0.5) is 11.8 Å². The number of piperazine rings is 1. The van der Waals surface area contributed by atoms with E-state index in [1.807, 2.05) is 42.5 Å². The van der Waals surface area contributed by atoms with Crippen LogP contribution in [0.3, 0.4) is 0 Å². The topological polar surface area (TPSA) is 88.5 Å². The number of ether oxygens (including phenoxy) is 2. The average Bonchev–Trinajstić information content (AvgIpc) is 2.92. The Bertz CT molecular complexity index is 1280. The molecule has 0 aliphatic carbocycles. The maximum Gasteiger partial charge on any atom is 0.225 e. The third kappa shape index (κ3) is 5.25. The predicted octanol–water partition coefficient (Wildman–Crippen LogP) is 3.37. The SMILES string of the molecule is COc1ccc(CNc2nc(CN3CCN(c4ncccn4)CC3)nc3ccccc23)cc1OC. The van der Waals surface area contributed by atoms with Crippen molar-refractivity contribution in [2.75, 3.05) is 50.6 Å². The standard InChI is InChI=1S/C26H29N7O2/c1-34-22-9-8-19(16-23(22)35-2)17-29-25-20-6-3-4-7-21(20)30-24(31-25)18-32-12-14-33(15-13-32)26-27-10-5-11-28-26/h3-11,16H,12-15,17-18H2,1-2H3,(H,29,30,31). The lowest BCUT2D eigenvalue weighted by molar-refractivity contribution is 0.243. The van der Waals surface area contributed by atoms with E-state index in [1.165, 1.54) is 0 Å². The van der Waals surface area contributed by atoms with Gasteiger partial charge in [-0.15, -0.1) is 0 Å². The lowest BCUT2D eigenvalue weighted by atomic mass is 10.2. The Labute approximate surface area is 204 Å². The second-order valence-corrected chi connectivity index (χ2v) is 8.36. The number of nitrogens with one attached hydrogen (secondary N) is 1. The Kier molecular flexibility index (Phi) is 6.85. The lowest BCUT2D eigenvalue weighted by Gasteiger charge is -2.34. The largest absolute Gasteiger partial charge is 0.493 e. The smallest absolute Gasteiger partial charge is 0.225 e. The van der Waals surface area contributed by atoms with Gasteiger partial charge >= 0.3 is 0 Å². The number of hydrogen-bond donors (Lipinski definition) is 1. The predicted molar refractivity (Wildman–Crippen MR) is 136 cm³/mol. The summed E-state index contributed by atoms with van der Waals surface area (Å²) in [6, 6.07) is 15.9. The number of benzene rings is 2. The van der Waals surface area contributed by atoms with Gasteiger partial charge in [0, 0.05) is 50.5 Å². The van der Waals surface area contributed by atoms with Gasteiger partial charge in [-0.1, -0.05) is 18.2 Å². The van der Waals surface area contributed by atoms with Gasteiger partial charge < -0.3 is 19.7 Å². The first-order valence-electron chi connectivity index (χ1n) is 11.7. The average molecular weight is 472 g/mol. The molecule has 1 saturated heterocycles. The second kappa shape index (κ2) is 10.5. The molecule has 180 valence electrons. The number of nitrogens with zero attached hydrogens (tertiary/aromatic N) is 6. The lowest BCUT2D eigenvalue weighted by Crippen LogP contribution is -2.46. The van der Waals surface area contributed by atoms with Crippen molar-refractivity contribution in [1.82, 2.24) is 24.8 Å². The Morgan fingerprint density at radius 3 is 2.40 bits per heavy atom. The van der Waals surface area contributed by atoms with E-state index < -0.39 is 0 Å². The summed E-state index contributed by atoms with van der Waals surface area (Å²) in [5, 5.41) is 4.51. The highest BCUT2D eigenvalue weighted by molar-refractivity contribution is 5.89. The van der Waals surface area contributed by atoms with Gasteiger partial charge in [0.2, 0.25) is 5.95 Å². The molecule has 0 saturated carbocycles. The van der Waals surface area contributed by atoms with Crippen LogP contribution in [0.1, 0.15) is 11.4 Å². The fourth-order valence-corrected chi connectivity index (χ4v) is 4.27. The zero-order valence-corrected chi connectivity index (χ0v) is 20.0. The first kappa shape index (κ1) is 22.8. The molecule has 5 rings (SSSR count). The maximum absolute atomic E-state index is 5.44. The minimum absolute atomic E-state index is 0.608. The minimum Gasteiger partial charge on any atom is -0.493 e. The number of hydrogen-bond acceptors (Lipinski definition) is 9. The van der Waals surface area contributed by atoms with E-state index in [9.17, 15) is 0 Å². The molecule has 3 heterocycles. The van der Waals surface area contributed by atoms with Gasteiger partial charge in [0.15, 0.2) is 11.5 Å². The van der Waals surface area contributed by atoms with Gasteiger partial charge in [-0.25, -0.2) is 19.9 Å². The fraction of sp³-hybridized carbons (Fsp3) is 0.308. The van der Waals surface area contributed by atoms with E-state index in [1.54, 1.807) is 26.6 Å². The van der Waals surface area contributed by atoms with Crippen molar-refractivity contribution < 1.29 is 9.47 Å². The Morgan fingerprint density at radius 1 is 0.857 bits per heavy atom. The highest BCUT2D eigenvalue weighted by Gasteiger charge is 2.20. The van der Waals surface area contributed by atoms with E-state index in [2.05, 4.69) is 31.2 Å². The summed E-state index contributed by atoms with van der Waals surface area (Å²) in [7, 11) is 3.28. The molecule has 9 heteroatoms. The van der Waals surface area contributed by atoms with Gasteiger partial charge in [0.25, 0.3) is 0 Å². The summed E-state index contributed by atoms with van der Waals surface area (Å²) in [5.74, 6) is 3.85. The molecule has 2 aromatic carbocycles. The molecule has 1 aliphatic rings. The molecule has 9 nitrogen and oxygen atoms in total. The van der Waals surface area contributed by atoms with Crippen molar-refractivity contribution in [3.63, 3.8) is 0 Å². The van der Waals surface area contributed by atoms with Crippen molar-refractivity contribution in [2.45, 2.75) is 13.1 Å². The Hall–Kier alpha value is -3.98. The van der Waals surface area contributed by atoms with Crippen LogP contribution in [0.2, 0.25) is 0 Å². The molecule has 4 aromatic rings. The highest BCUT2D eigenvalue weighted by atomic mass is 16.5. The second-order valence-electron chi connectivity index (χ2n) is 8.36. The molecule has 2 aromatic heterocycles. The van der Waals surface area contributed by atoms with Crippen molar-refractivity contribution in [1.29, 1.82) is 0 Å². The van der Waals surface area contributed by atoms with Crippen LogP contribution in [-0.4, -0.2) is 65.2 Å². The van der Waals surface area contributed by atoms with Crippen LogP contribution in [0.15, 0.2) is 60.9 Å². The summed E-state index contributed by atoms with van der Waals surface area (Å²) >= 11 is 0. The number of fused-ring (bicyclic) bond motifs is 1. The Morgan fingerprint density at radius 2 is 1.63 bits per heavy atom. The summed E-state index contributed by atoms with van der Waals surface area (Å²) in [5.41, 5.74) is 2.01. The Balaban J connectivity index is 1.30. The van der Waals surface area contributed by atoms with Gasteiger partial charge in [0.1, 0.15) is 11.6 Å². The number of para-hydroxylation sites is 1. The quantitative estimate of drug-likeness (QED) is 0.415. The molecule has 0 radical (unpaired) electrons. The van der Waals surface area contributed by atoms with E-state index in [4.69, 9.17) is 19.4 Å². The molecule has 0 unspecified atom stereocenters. The molecule has 0 spiro atoms. The third-order valence-electron chi connectivity index (χ3n) is 6.13. The van der Waals surface area contributed by atoms with Crippen LogP contribution in [0, 0.1) is 0 Å². The first-order chi connectivity index (χ1) is 17.2. The molecular formula is C26H29N7O2. The number of aromatic nitrogens is 4. The summed E-state index contributed by atoms with van der Waals surface area (Å²) < 4.78 is 10.8. The van der Waals surface area contributed by atoms with E-state index >= 15 is 0 Å². The maximum atomic E-state index is 5.44. The van der Waals surface area contributed by atoms with Crippen LogP contribution in [0.5, 0.6) is 11.5 Å². The van der Waals surface area contributed by atoms with Crippen LogP contribution in [0.25, 0.3) is 10.9 Å². The molecule has 35 heavy (non-hydrogen) atoms. The summed E-state index contributed by atoms with van der Waals surface area (Å²) in [4.78, 5) is 23.1. The van der Waals surface area contributed by atoms with Gasteiger partial charge in [0.05, 0.1) is 26.3 Å². The summed E-state index contributed by atoms with van der Waals surface area (Å²) in [6.45, 7) is 4.87. The number of anilines is 2. The van der Waals surface area contributed by atoms with Crippen molar-refractivity contribution in [3.05, 3.63) is 72.3 Å². The fourth-order valence-electron chi connectivity index (χ4n) is 4.27. The highest BCUT2D eigenvalue weighted by Crippen LogP contribution is 2.28. The zero-order valence-electron chi connectivity index (χ0n) is 20.0. The van der Waals surface area contributed by atoms with Crippen molar-refractivity contribution in [2.24, 2.45) is 0 Å². The zero-order chi connectivity index (χ0) is 24.0. The number of rotatable bonds is 8. The van der Waals surface area contributed by atoms with Gasteiger partial charge in [-0.2, -0.15) is 0 Å². The van der Waals surface area contributed by atoms with E-state index in [0.717, 1.165) is 60.2 Å². The monoisotopic (exact) mass is 471 g/mol. The molecule has 0 amide bonds. The van der Waals surface area contributed by atoms with Crippen LogP contribution < -0.4 is 19.7 Å². The summed E-state index contributed by atoms with van der Waals surface area (Å²) in [6.07, 6.45) is 3.57. The van der Waals surface area contributed by atoms with Crippen LogP contribution in [-0.2, 0) is 13.1 Å². The molecular weight excluding hydrogens is 442 g/mol. The van der Waals surface area contributed by atoms with Gasteiger partial charge in [-0.3, -0.25) is 4.90 Å². The van der Waals surface area contributed by atoms with Crippen molar-refractivity contribution >= 4 is 22.7 Å². The van der Waals surface area contributed by atoms with Crippen LogP contribution >= 0.6 is 0 Å². The normalized spacial score (nSPS) is 14.2. The van der Waals surface area contributed by atoms with E-state index in [-0.39, 0.29) is 0 Å². The molecule has 0 bridgehead atoms. The molecule has 1 fully saturated rings. The molecule has 0 atom stereocenters. The third-order valence-corrected chi connectivity index (χ3v) is 6.13. The van der Waals surface area contributed by atoms with Crippen molar-refractivity contribution in [3.8, 4) is 11.5 Å². The minimum atomic E-state index is 0.608. The first-order valence-corrected chi connectivity index (χ1v) is 11.7.